The minimum atomic E-state index is -1.05. The summed E-state index contributed by atoms with van der Waals surface area (Å²) in [5.74, 6) is -0.0856. The van der Waals surface area contributed by atoms with E-state index in [1.54, 1.807) is 24.5 Å². The van der Waals surface area contributed by atoms with Crippen molar-refractivity contribution in [3.8, 4) is 0 Å². The Balaban J connectivity index is 1.42. The Bertz CT molecular complexity index is 1070. The highest BCUT2D eigenvalue weighted by Crippen LogP contribution is 2.30. The number of aromatic nitrogens is 2. The van der Waals surface area contributed by atoms with Crippen LogP contribution in [-0.2, 0) is 6.54 Å². The van der Waals surface area contributed by atoms with Crippen LogP contribution in [0.25, 0.3) is 11.0 Å². The van der Waals surface area contributed by atoms with Gasteiger partial charge in [-0.1, -0.05) is 12.1 Å². The molecule has 3 heterocycles. The van der Waals surface area contributed by atoms with E-state index in [1.165, 1.54) is 5.56 Å². The number of aliphatic hydroxyl groups excluding tert-OH is 1. The summed E-state index contributed by atoms with van der Waals surface area (Å²) in [6.07, 6.45) is 6.00. The van der Waals surface area contributed by atoms with Crippen LogP contribution in [0.2, 0.25) is 0 Å². The van der Waals surface area contributed by atoms with Crippen LogP contribution in [0.1, 0.15) is 47.2 Å². The maximum Gasteiger partial charge on any atom is 0.274 e. The van der Waals surface area contributed by atoms with Gasteiger partial charge in [-0.25, -0.2) is 10.5 Å². The number of amides is 1. The first-order valence-corrected chi connectivity index (χ1v) is 10.9. The van der Waals surface area contributed by atoms with Crippen LogP contribution >= 0.6 is 0 Å². The number of rotatable bonds is 7. The molecule has 1 saturated heterocycles. The number of β-amino-alcohol motifs (C(OH)–C–C–N with tert-alkyl or cyclic N) is 1. The topological polar surface area (TPSA) is 111 Å². The molecule has 4 rings (SSSR count). The van der Waals surface area contributed by atoms with E-state index >= 15 is 0 Å². The molecule has 32 heavy (non-hydrogen) atoms. The molecule has 0 bridgehead atoms. The second kappa shape index (κ2) is 9.38. The quantitative estimate of drug-likeness (QED) is 0.332. The Morgan fingerprint density at radius 2 is 1.94 bits per heavy atom. The van der Waals surface area contributed by atoms with E-state index in [9.17, 15) is 15.0 Å². The predicted molar refractivity (Wildman–Crippen MR) is 121 cm³/mol. The average molecular weight is 439 g/mol. The molecular formula is C24H30N4O4. The van der Waals surface area contributed by atoms with E-state index in [0.717, 1.165) is 42.5 Å². The molecule has 0 radical (unpaired) electrons. The zero-order chi connectivity index (χ0) is 22.7. The number of hydrogen-bond acceptors (Lipinski definition) is 6. The molecule has 2 aromatic heterocycles. The third-order valence-corrected chi connectivity index (χ3v) is 6.26. The van der Waals surface area contributed by atoms with E-state index in [4.69, 9.17) is 10.2 Å². The zero-order valence-corrected chi connectivity index (χ0v) is 18.2. The highest BCUT2D eigenvalue weighted by atomic mass is 16.5. The Hall–Kier alpha value is -2.78. The summed E-state index contributed by atoms with van der Waals surface area (Å²) < 4.78 is 2.08. The van der Waals surface area contributed by atoms with Gasteiger partial charge in [0.1, 0.15) is 5.65 Å². The van der Waals surface area contributed by atoms with E-state index < -0.39 is 11.5 Å². The van der Waals surface area contributed by atoms with Gasteiger partial charge in [-0.3, -0.25) is 10.0 Å². The number of hydrogen-bond donors (Lipinski definition) is 4. The van der Waals surface area contributed by atoms with Gasteiger partial charge in [0.15, 0.2) is 0 Å². The minimum absolute atomic E-state index is 0.230. The first-order valence-electron chi connectivity index (χ1n) is 10.9. The number of likely N-dealkylation sites (tertiary alicyclic amines) is 1. The highest BCUT2D eigenvalue weighted by Gasteiger charge is 2.27. The van der Waals surface area contributed by atoms with Crippen molar-refractivity contribution < 1.29 is 20.2 Å². The highest BCUT2D eigenvalue weighted by molar-refractivity contribution is 5.93. The summed E-state index contributed by atoms with van der Waals surface area (Å²) in [5.41, 5.74) is 4.18. The first-order chi connectivity index (χ1) is 15.4. The predicted octanol–water partition coefficient (Wildman–Crippen LogP) is 2.13. The SMILES string of the molecule is CC(O)(CO)CN1CCC(c2cnc3c(ccn3Cc3ccc(C(=O)NO)cc3)c2)CC1. The van der Waals surface area contributed by atoms with Crippen molar-refractivity contribution in [3.63, 3.8) is 0 Å². The number of carbonyl (C=O) groups is 1. The normalized spacial score (nSPS) is 17.4. The van der Waals surface area contributed by atoms with Crippen molar-refractivity contribution in [2.24, 2.45) is 0 Å². The summed E-state index contributed by atoms with van der Waals surface area (Å²) >= 11 is 0. The van der Waals surface area contributed by atoms with Gasteiger partial charge in [-0.05, 0) is 74.2 Å². The molecule has 1 aliphatic heterocycles. The lowest BCUT2D eigenvalue weighted by atomic mass is 9.89. The van der Waals surface area contributed by atoms with Gasteiger partial charge in [0.05, 0.1) is 12.2 Å². The molecule has 0 saturated carbocycles. The van der Waals surface area contributed by atoms with Crippen molar-refractivity contribution in [2.75, 3.05) is 26.2 Å². The molecule has 8 nitrogen and oxygen atoms in total. The van der Waals surface area contributed by atoms with Gasteiger partial charge >= 0.3 is 0 Å². The Kier molecular flexibility index (Phi) is 6.57. The molecule has 0 spiro atoms. The first kappa shape index (κ1) is 22.4. The fourth-order valence-electron chi connectivity index (χ4n) is 4.42. The van der Waals surface area contributed by atoms with Crippen LogP contribution in [-0.4, -0.2) is 67.6 Å². The van der Waals surface area contributed by atoms with Gasteiger partial charge in [0, 0.05) is 36.4 Å². The van der Waals surface area contributed by atoms with E-state index in [1.807, 2.05) is 24.5 Å². The molecule has 1 atom stereocenters. The summed E-state index contributed by atoms with van der Waals surface area (Å²) in [6.45, 7) is 4.35. The van der Waals surface area contributed by atoms with E-state index in [-0.39, 0.29) is 6.61 Å². The smallest absolute Gasteiger partial charge is 0.274 e. The number of nitrogens with one attached hydrogen (secondary N) is 1. The van der Waals surface area contributed by atoms with Crippen LogP contribution in [0.15, 0.2) is 48.8 Å². The summed E-state index contributed by atoms with van der Waals surface area (Å²) in [5, 5.41) is 29.2. The monoisotopic (exact) mass is 438 g/mol. The molecule has 0 aliphatic carbocycles. The molecule has 8 heteroatoms. The van der Waals surface area contributed by atoms with Crippen LogP contribution in [0.4, 0.5) is 0 Å². The Morgan fingerprint density at radius 3 is 2.59 bits per heavy atom. The third kappa shape index (κ3) is 4.99. The van der Waals surface area contributed by atoms with E-state index in [0.29, 0.717) is 24.6 Å². The average Bonchev–Trinajstić information content (AvgIpc) is 3.21. The van der Waals surface area contributed by atoms with Crippen molar-refractivity contribution in [2.45, 2.75) is 37.8 Å². The number of benzene rings is 1. The zero-order valence-electron chi connectivity index (χ0n) is 18.2. The largest absolute Gasteiger partial charge is 0.393 e. The number of hydroxylamine groups is 1. The lowest BCUT2D eigenvalue weighted by Crippen LogP contribution is -2.46. The maximum absolute atomic E-state index is 11.5. The van der Waals surface area contributed by atoms with Crippen LogP contribution in [0.5, 0.6) is 0 Å². The van der Waals surface area contributed by atoms with Gasteiger partial charge in [-0.2, -0.15) is 0 Å². The van der Waals surface area contributed by atoms with Gasteiger partial charge < -0.3 is 19.7 Å². The van der Waals surface area contributed by atoms with Crippen molar-refractivity contribution in [1.82, 2.24) is 19.9 Å². The molecule has 1 aliphatic rings. The second-order valence-electron chi connectivity index (χ2n) is 8.97. The van der Waals surface area contributed by atoms with Crippen LogP contribution in [0.3, 0.4) is 0 Å². The molecule has 1 unspecified atom stereocenters. The molecule has 170 valence electrons. The van der Waals surface area contributed by atoms with Crippen LogP contribution < -0.4 is 5.48 Å². The second-order valence-corrected chi connectivity index (χ2v) is 8.97. The standard InChI is InChI=1S/C24H30N4O4/c1-24(31,16-29)15-27-9-6-18(7-10-27)21-12-20-8-11-28(22(20)25-13-21)14-17-2-4-19(5-3-17)23(30)26-32/h2-5,8,11-13,18,29,31-32H,6-7,9-10,14-16H2,1H3,(H,26,30). The number of pyridine rings is 1. The Labute approximate surface area is 187 Å². The molecule has 1 amide bonds. The number of aliphatic hydroxyl groups is 2. The molecule has 1 aromatic carbocycles. The lowest BCUT2D eigenvalue weighted by molar-refractivity contribution is -0.0296. The number of nitrogens with zero attached hydrogens (tertiary/aromatic N) is 3. The Morgan fingerprint density at radius 1 is 1.22 bits per heavy atom. The van der Waals surface area contributed by atoms with Gasteiger partial charge in [-0.15, -0.1) is 0 Å². The number of piperidine rings is 1. The van der Waals surface area contributed by atoms with E-state index in [2.05, 4.69) is 21.6 Å². The molecular weight excluding hydrogens is 408 g/mol. The van der Waals surface area contributed by atoms with Gasteiger partial charge in [0.25, 0.3) is 5.91 Å². The maximum atomic E-state index is 11.5. The van der Waals surface area contributed by atoms with Crippen molar-refractivity contribution in [1.29, 1.82) is 0 Å². The summed E-state index contributed by atoms with van der Waals surface area (Å²) in [7, 11) is 0. The third-order valence-electron chi connectivity index (χ3n) is 6.26. The van der Waals surface area contributed by atoms with Crippen LogP contribution in [0, 0.1) is 0 Å². The van der Waals surface area contributed by atoms with Crippen molar-refractivity contribution in [3.05, 3.63) is 65.5 Å². The molecule has 3 aromatic rings. The summed E-state index contributed by atoms with van der Waals surface area (Å²) in [4.78, 5) is 18.4. The fraction of sp³-hybridized carbons (Fsp3) is 0.417. The van der Waals surface area contributed by atoms with Crippen molar-refractivity contribution >= 4 is 16.9 Å². The fourth-order valence-corrected chi connectivity index (χ4v) is 4.42. The lowest BCUT2D eigenvalue weighted by Gasteiger charge is -2.36. The molecule has 1 fully saturated rings. The minimum Gasteiger partial charge on any atom is -0.393 e. The number of fused-ring (bicyclic) bond motifs is 1. The van der Waals surface area contributed by atoms with Gasteiger partial charge in [0.2, 0.25) is 0 Å². The summed E-state index contributed by atoms with van der Waals surface area (Å²) in [6, 6.07) is 11.4. The molecule has 4 N–H and O–H groups in total. The number of carbonyl (C=O) groups excluding carboxylic acids is 1.